The molecule has 0 unspecified atom stereocenters. The Morgan fingerprint density at radius 3 is 2.19 bits per heavy atom. The summed E-state index contributed by atoms with van der Waals surface area (Å²) in [5.74, 6) is 0. The van der Waals surface area contributed by atoms with Gasteiger partial charge in [0.1, 0.15) is 0 Å². The van der Waals surface area contributed by atoms with Gasteiger partial charge in [-0.25, -0.2) is 0 Å². The molecule has 0 aromatic carbocycles. The van der Waals surface area contributed by atoms with Crippen molar-refractivity contribution in [3.05, 3.63) is 35.7 Å². The minimum absolute atomic E-state index is 0.104. The van der Waals surface area contributed by atoms with Gasteiger partial charge in [0.15, 0.2) is 0 Å². The Morgan fingerprint density at radius 2 is 1.88 bits per heavy atom. The van der Waals surface area contributed by atoms with Crippen LogP contribution >= 0.6 is 0 Å². The summed E-state index contributed by atoms with van der Waals surface area (Å²) in [5.41, 5.74) is 4.95. The molecule has 2 heteroatoms. The smallest absolute Gasteiger partial charge is 0.0671 e. The van der Waals surface area contributed by atoms with E-state index in [4.69, 9.17) is 0 Å². The van der Waals surface area contributed by atoms with Gasteiger partial charge in [-0.2, -0.15) is 5.10 Å². The van der Waals surface area contributed by atoms with Crippen LogP contribution in [0.2, 0.25) is 0 Å². The van der Waals surface area contributed by atoms with Crippen molar-refractivity contribution in [2.45, 2.75) is 34.6 Å². The maximum Gasteiger partial charge on any atom is 0.0671 e. The first-order valence-electron chi connectivity index (χ1n) is 5.62. The highest BCUT2D eigenvalue weighted by Gasteiger charge is 2.23. The molecule has 1 aromatic rings. The molecule has 1 aromatic heterocycles. The molecule has 0 radical (unpaired) electrons. The van der Waals surface area contributed by atoms with Crippen molar-refractivity contribution >= 4 is 5.57 Å². The zero-order valence-electron chi connectivity index (χ0n) is 11.3. The second-order valence-corrected chi connectivity index (χ2v) is 5.24. The van der Waals surface area contributed by atoms with E-state index < -0.39 is 0 Å². The van der Waals surface area contributed by atoms with E-state index in [0.29, 0.717) is 0 Å². The average Bonchev–Trinajstić information content (AvgIpc) is 2.37. The highest BCUT2D eigenvalue weighted by Crippen LogP contribution is 2.36. The number of rotatable bonds is 2. The van der Waals surface area contributed by atoms with Gasteiger partial charge in [0, 0.05) is 18.3 Å². The summed E-state index contributed by atoms with van der Waals surface area (Å²) >= 11 is 0. The Balaban J connectivity index is 3.45. The maximum absolute atomic E-state index is 4.47. The molecule has 0 aliphatic carbocycles. The summed E-state index contributed by atoms with van der Waals surface area (Å²) in [6.07, 6.45) is 3.95. The molecular formula is C14H22N2. The zero-order valence-corrected chi connectivity index (χ0v) is 11.3. The van der Waals surface area contributed by atoms with Crippen LogP contribution in [0.1, 0.15) is 37.7 Å². The molecule has 0 aliphatic rings. The molecule has 0 spiro atoms. The Kier molecular flexibility index (Phi) is 3.41. The van der Waals surface area contributed by atoms with Gasteiger partial charge in [-0.3, -0.25) is 4.68 Å². The first-order chi connectivity index (χ1) is 7.29. The molecular weight excluding hydrogens is 196 g/mol. The van der Waals surface area contributed by atoms with Crippen LogP contribution < -0.4 is 0 Å². The van der Waals surface area contributed by atoms with E-state index in [1.807, 2.05) is 17.8 Å². The van der Waals surface area contributed by atoms with Crippen molar-refractivity contribution in [1.82, 2.24) is 9.78 Å². The Morgan fingerprint density at radius 1 is 1.31 bits per heavy atom. The van der Waals surface area contributed by atoms with Gasteiger partial charge in [-0.05, 0) is 24.8 Å². The molecule has 0 aliphatic heterocycles. The second kappa shape index (κ2) is 4.28. The fraction of sp³-hybridized carbons (Fsp3) is 0.500. The number of hydrogen-bond acceptors (Lipinski definition) is 1. The fourth-order valence-electron chi connectivity index (χ4n) is 1.99. The van der Waals surface area contributed by atoms with E-state index in [-0.39, 0.29) is 5.41 Å². The van der Waals surface area contributed by atoms with Crippen molar-refractivity contribution in [3.8, 4) is 0 Å². The van der Waals surface area contributed by atoms with Crippen molar-refractivity contribution < 1.29 is 0 Å². The van der Waals surface area contributed by atoms with Gasteiger partial charge in [0.25, 0.3) is 0 Å². The van der Waals surface area contributed by atoms with Crippen LogP contribution in [-0.4, -0.2) is 9.78 Å². The van der Waals surface area contributed by atoms with Crippen LogP contribution in [0.3, 0.4) is 0 Å². The summed E-state index contributed by atoms with van der Waals surface area (Å²) in [7, 11) is 1.99. The average molecular weight is 218 g/mol. The van der Waals surface area contributed by atoms with E-state index in [2.05, 4.69) is 52.4 Å². The predicted molar refractivity (Wildman–Crippen MR) is 70.3 cm³/mol. The maximum atomic E-state index is 4.47. The van der Waals surface area contributed by atoms with Crippen molar-refractivity contribution in [2.75, 3.05) is 0 Å². The quantitative estimate of drug-likeness (QED) is 0.693. The highest BCUT2D eigenvalue weighted by molar-refractivity contribution is 5.73. The van der Waals surface area contributed by atoms with E-state index in [1.165, 1.54) is 16.8 Å². The fourth-order valence-corrected chi connectivity index (χ4v) is 1.99. The summed E-state index contributed by atoms with van der Waals surface area (Å²) < 4.78 is 1.94. The lowest BCUT2D eigenvalue weighted by atomic mass is 9.81. The molecule has 2 nitrogen and oxygen atoms in total. The molecule has 0 saturated carbocycles. The molecule has 0 N–H and O–H groups in total. The molecule has 0 fully saturated rings. The van der Waals surface area contributed by atoms with Crippen molar-refractivity contribution in [3.63, 3.8) is 0 Å². The molecule has 88 valence electrons. The van der Waals surface area contributed by atoms with Crippen molar-refractivity contribution in [2.24, 2.45) is 12.5 Å². The van der Waals surface area contributed by atoms with Crippen LogP contribution in [0.15, 0.2) is 18.7 Å². The lowest BCUT2D eigenvalue weighted by molar-refractivity contribution is 0.566. The molecule has 1 heterocycles. The summed E-state index contributed by atoms with van der Waals surface area (Å²) in [6.45, 7) is 14.6. The third-order valence-electron chi connectivity index (χ3n) is 2.87. The first kappa shape index (κ1) is 12.8. The minimum atomic E-state index is 0.104. The van der Waals surface area contributed by atoms with Gasteiger partial charge in [0.2, 0.25) is 0 Å². The minimum Gasteiger partial charge on any atom is -0.272 e. The summed E-state index contributed by atoms with van der Waals surface area (Å²) in [6, 6.07) is 0. The van der Waals surface area contributed by atoms with E-state index in [0.717, 1.165) is 5.69 Å². The number of allylic oxidation sites excluding steroid dienone is 3. The predicted octanol–water partition coefficient (Wildman–Crippen LogP) is 3.65. The standard InChI is InChI=1S/C14H22N2/c1-8-9-12(14(4,5)6)13-10(2)15-16(7)11(13)3/h8-9H,1H2,2-7H3/b12-9+. The SMILES string of the molecule is C=C/C=C(\c1c(C)nn(C)c1C)C(C)(C)C. The van der Waals surface area contributed by atoms with Gasteiger partial charge in [-0.1, -0.05) is 39.5 Å². The Labute approximate surface area is 98.7 Å². The third-order valence-corrected chi connectivity index (χ3v) is 2.87. The lowest BCUT2D eigenvalue weighted by Crippen LogP contribution is -2.10. The molecule has 0 bridgehead atoms. The van der Waals surface area contributed by atoms with Crippen LogP contribution in [-0.2, 0) is 7.05 Å². The van der Waals surface area contributed by atoms with Crippen LogP contribution in [0.25, 0.3) is 5.57 Å². The first-order valence-corrected chi connectivity index (χ1v) is 5.62. The van der Waals surface area contributed by atoms with Crippen LogP contribution in [0, 0.1) is 19.3 Å². The van der Waals surface area contributed by atoms with E-state index in [1.54, 1.807) is 0 Å². The Hall–Kier alpha value is -1.31. The van der Waals surface area contributed by atoms with E-state index >= 15 is 0 Å². The molecule has 0 saturated heterocycles. The topological polar surface area (TPSA) is 17.8 Å². The molecule has 1 rings (SSSR count). The lowest BCUT2D eigenvalue weighted by Gasteiger charge is -2.23. The van der Waals surface area contributed by atoms with Crippen molar-refractivity contribution in [1.29, 1.82) is 0 Å². The Bertz CT molecular complexity index is 428. The van der Waals surface area contributed by atoms with Gasteiger partial charge in [0.05, 0.1) is 5.69 Å². The molecule has 0 atom stereocenters. The normalized spacial score (nSPS) is 13.0. The van der Waals surface area contributed by atoms with Crippen LogP contribution in [0.5, 0.6) is 0 Å². The van der Waals surface area contributed by atoms with Gasteiger partial charge in [-0.15, -0.1) is 0 Å². The number of aromatic nitrogens is 2. The van der Waals surface area contributed by atoms with Crippen LogP contribution in [0.4, 0.5) is 0 Å². The van der Waals surface area contributed by atoms with Gasteiger partial charge < -0.3 is 0 Å². The molecule has 0 amide bonds. The highest BCUT2D eigenvalue weighted by atomic mass is 15.3. The monoisotopic (exact) mass is 218 g/mol. The number of hydrogen-bond donors (Lipinski definition) is 0. The van der Waals surface area contributed by atoms with Gasteiger partial charge >= 0.3 is 0 Å². The van der Waals surface area contributed by atoms with E-state index in [9.17, 15) is 0 Å². The molecule has 16 heavy (non-hydrogen) atoms. The zero-order chi connectivity index (χ0) is 12.5. The summed E-state index contributed by atoms with van der Waals surface area (Å²) in [4.78, 5) is 0. The largest absolute Gasteiger partial charge is 0.272 e. The third kappa shape index (κ3) is 2.26. The summed E-state index contributed by atoms with van der Waals surface area (Å²) in [5, 5.41) is 4.47. The second-order valence-electron chi connectivity index (χ2n) is 5.24. The number of aryl methyl sites for hydroxylation is 2. The number of nitrogens with zero attached hydrogens (tertiary/aromatic N) is 2.